The molecule has 0 radical (unpaired) electrons. The van der Waals surface area contributed by atoms with Gasteiger partial charge in [0.2, 0.25) is 5.91 Å². The Balaban J connectivity index is 2.34. The van der Waals surface area contributed by atoms with Crippen molar-refractivity contribution in [3.8, 4) is 0 Å². The van der Waals surface area contributed by atoms with E-state index in [9.17, 15) is 9.59 Å². The number of rotatable bonds is 5. The molecule has 0 aromatic rings. The second kappa shape index (κ2) is 5.70. The largest absolute Gasteiger partial charge is 0.480 e. The fourth-order valence-electron chi connectivity index (χ4n) is 1.67. The van der Waals surface area contributed by atoms with Gasteiger partial charge in [0.25, 0.3) is 0 Å². The fourth-order valence-corrected chi connectivity index (χ4v) is 1.67. The molecule has 0 saturated carbocycles. The molecule has 0 aromatic heterocycles. The topological polar surface area (TPSA) is 60.9 Å². The van der Waals surface area contributed by atoms with Gasteiger partial charge in [0.1, 0.15) is 0 Å². The summed E-state index contributed by atoms with van der Waals surface area (Å²) < 4.78 is 0. The minimum absolute atomic E-state index is 0.0344. The van der Waals surface area contributed by atoms with Crippen LogP contribution in [0.3, 0.4) is 0 Å². The quantitative estimate of drug-likeness (QED) is 0.700. The predicted octanol–water partition coefficient (Wildman–Crippen LogP) is 0.0153. The Morgan fingerprint density at radius 2 is 2.20 bits per heavy atom. The first-order valence-corrected chi connectivity index (χ1v) is 5.35. The van der Waals surface area contributed by atoms with Gasteiger partial charge in [-0.15, -0.1) is 0 Å². The van der Waals surface area contributed by atoms with Gasteiger partial charge in [-0.05, 0) is 6.42 Å². The number of aliphatic carboxylic acids is 1. The molecule has 5 heteroatoms. The lowest BCUT2D eigenvalue weighted by Gasteiger charge is -2.33. The molecule has 0 aromatic carbocycles. The summed E-state index contributed by atoms with van der Waals surface area (Å²) in [7, 11) is 0. The van der Waals surface area contributed by atoms with E-state index >= 15 is 0 Å². The van der Waals surface area contributed by atoms with E-state index in [-0.39, 0.29) is 19.0 Å². The maximum absolute atomic E-state index is 11.6. The zero-order valence-electron chi connectivity index (χ0n) is 9.11. The molecular formula is C10H18N2O3. The van der Waals surface area contributed by atoms with E-state index in [1.165, 1.54) is 0 Å². The van der Waals surface area contributed by atoms with Gasteiger partial charge in [-0.25, -0.2) is 0 Å². The van der Waals surface area contributed by atoms with E-state index in [0.717, 1.165) is 19.4 Å². The first-order chi connectivity index (χ1) is 7.13. The van der Waals surface area contributed by atoms with Crippen LogP contribution in [0, 0.1) is 0 Å². The first-order valence-electron chi connectivity index (χ1n) is 5.35. The first kappa shape index (κ1) is 12.0. The normalized spacial score (nSPS) is 18.2. The van der Waals surface area contributed by atoms with Crippen LogP contribution in [-0.4, -0.2) is 59.5 Å². The number of unbranched alkanes of at least 4 members (excludes halogenated alkanes) is 1. The number of hydrogen-bond acceptors (Lipinski definition) is 3. The van der Waals surface area contributed by atoms with Gasteiger partial charge in [-0.1, -0.05) is 13.3 Å². The third-order valence-corrected chi connectivity index (χ3v) is 2.54. The summed E-state index contributed by atoms with van der Waals surface area (Å²) in [5.41, 5.74) is 0. The monoisotopic (exact) mass is 214 g/mol. The molecule has 1 aliphatic heterocycles. The molecule has 0 bridgehead atoms. The third-order valence-electron chi connectivity index (χ3n) is 2.54. The smallest absolute Gasteiger partial charge is 0.317 e. The summed E-state index contributed by atoms with van der Waals surface area (Å²) in [5.74, 6) is -0.819. The maximum Gasteiger partial charge on any atom is 0.317 e. The number of amides is 1. The van der Waals surface area contributed by atoms with Crippen LogP contribution < -0.4 is 0 Å². The molecule has 86 valence electrons. The van der Waals surface area contributed by atoms with Crippen molar-refractivity contribution in [2.75, 3.05) is 32.7 Å². The van der Waals surface area contributed by atoms with Gasteiger partial charge in [0.05, 0.1) is 13.1 Å². The Hall–Kier alpha value is -1.10. The summed E-state index contributed by atoms with van der Waals surface area (Å²) in [5, 5.41) is 8.59. The minimum Gasteiger partial charge on any atom is -0.480 e. The fraction of sp³-hybridized carbons (Fsp3) is 0.800. The summed E-state index contributed by atoms with van der Waals surface area (Å²) >= 11 is 0. The van der Waals surface area contributed by atoms with Crippen molar-refractivity contribution in [2.45, 2.75) is 19.8 Å². The third kappa shape index (κ3) is 3.87. The number of carboxylic acid groups (broad SMARTS) is 1. The molecular weight excluding hydrogens is 196 g/mol. The molecule has 1 saturated heterocycles. The van der Waals surface area contributed by atoms with Gasteiger partial charge in [0.15, 0.2) is 0 Å². The number of carboxylic acids is 1. The molecule has 0 unspecified atom stereocenters. The highest BCUT2D eigenvalue weighted by Gasteiger charge is 2.24. The highest BCUT2D eigenvalue weighted by molar-refractivity contribution is 5.80. The van der Waals surface area contributed by atoms with Crippen molar-refractivity contribution in [3.05, 3.63) is 0 Å². The van der Waals surface area contributed by atoms with E-state index in [1.807, 2.05) is 4.90 Å². The van der Waals surface area contributed by atoms with E-state index in [4.69, 9.17) is 5.11 Å². The number of carbonyl (C=O) groups is 2. The Morgan fingerprint density at radius 3 is 2.73 bits per heavy atom. The van der Waals surface area contributed by atoms with Gasteiger partial charge in [-0.2, -0.15) is 0 Å². The van der Waals surface area contributed by atoms with Crippen LogP contribution in [0.5, 0.6) is 0 Å². The van der Waals surface area contributed by atoms with Gasteiger partial charge in [0, 0.05) is 19.6 Å². The van der Waals surface area contributed by atoms with Crippen LogP contribution in [-0.2, 0) is 9.59 Å². The molecule has 1 heterocycles. The van der Waals surface area contributed by atoms with Crippen LogP contribution in [0.25, 0.3) is 0 Å². The summed E-state index contributed by atoms with van der Waals surface area (Å²) in [6.07, 6.45) is 2.09. The molecule has 1 amide bonds. The van der Waals surface area contributed by atoms with Crippen molar-refractivity contribution in [1.82, 2.24) is 9.80 Å². The van der Waals surface area contributed by atoms with Crippen LogP contribution in [0.1, 0.15) is 19.8 Å². The number of carbonyl (C=O) groups excluding carboxylic acids is 1. The lowest BCUT2D eigenvalue weighted by Crippen LogP contribution is -2.51. The number of piperazine rings is 1. The van der Waals surface area contributed by atoms with Crippen molar-refractivity contribution in [3.63, 3.8) is 0 Å². The number of hydrogen-bond donors (Lipinski definition) is 1. The average Bonchev–Trinajstić information content (AvgIpc) is 2.15. The maximum atomic E-state index is 11.6. The van der Waals surface area contributed by atoms with E-state index in [2.05, 4.69) is 6.92 Å². The van der Waals surface area contributed by atoms with Gasteiger partial charge >= 0.3 is 5.97 Å². The van der Waals surface area contributed by atoms with E-state index in [1.54, 1.807) is 4.90 Å². The zero-order chi connectivity index (χ0) is 11.3. The van der Waals surface area contributed by atoms with Crippen LogP contribution in [0.4, 0.5) is 0 Å². The second-order valence-electron chi connectivity index (χ2n) is 3.84. The van der Waals surface area contributed by atoms with Crippen LogP contribution >= 0.6 is 0 Å². The van der Waals surface area contributed by atoms with Crippen molar-refractivity contribution >= 4 is 11.9 Å². The summed E-state index contributed by atoms with van der Waals surface area (Å²) in [4.78, 5) is 25.5. The average molecular weight is 214 g/mol. The second-order valence-corrected chi connectivity index (χ2v) is 3.84. The highest BCUT2D eigenvalue weighted by Crippen LogP contribution is 2.04. The molecule has 1 N–H and O–H groups in total. The molecule has 15 heavy (non-hydrogen) atoms. The van der Waals surface area contributed by atoms with Crippen LogP contribution in [0.2, 0.25) is 0 Å². The zero-order valence-corrected chi connectivity index (χ0v) is 9.11. The van der Waals surface area contributed by atoms with E-state index < -0.39 is 5.97 Å². The Kier molecular flexibility index (Phi) is 4.55. The van der Waals surface area contributed by atoms with Gasteiger partial charge in [-0.3, -0.25) is 14.5 Å². The summed E-state index contributed by atoms with van der Waals surface area (Å²) in [6, 6.07) is 0. The molecule has 1 rings (SSSR count). The summed E-state index contributed by atoms with van der Waals surface area (Å²) in [6.45, 7) is 4.43. The molecule has 5 nitrogen and oxygen atoms in total. The van der Waals surface area contributed by atoms with Crippen molar-refractivity contribution in [1.29, 1.82) is 0 Å². The molecule has 0 spiro atoms. The van der Waals surface area contributed by atoms with Crippen molar-refractivity contribution in [2.24, 2.45) is 0 Å². The predicted molar refractivity (Wildman–Crippen MR) is 55.6 cm³/mol. The standard InChI is InChI=1S/C10H18N2O3/c1-2-3-4-12-6-5-11(7-9(12)13)8-10(14)15/h2-8H2,1H3,(H,14,15). The molecule has 1 aliphatic rings. The van der Waals surface area contributed by atoms with Crippen molar-refractivity contribution < 1.29 is 14.7 Å². The van der Waals surface area contributed by atoms with Gasteiger partial charge < -0.3 is 10.0 Å². The number of nitrogens with zero attached hydrogens (tertiary/aromatic N) is 2. The Morgan fingerprint density at radius 1 is 1.47 bits per heavy atom. The molecule has 1 fully saturated rings. The lowest BCUT2D eigenvalue weighted by atomic mass is 10.2. The SMILES string of the molecule is CCCCN1CCN(CC(=O)O)CC1=O. The Labute approximate surface area is 89.7 Å². The lowest BCUT2D eigenvalue weighted by molar-refractivity contribution is -0.142. The molecule has 0 aliphatic carbocycles. The Bertz CT molecular complexity index is 243. The molecule has 0 atom stereocenters. The minimum atomic E-state index is -0.871. The highest BCUT2D eigenvalue weighted by atomic mass is 16.4. The van der Waals surface area contributed by atoms with E-state index in [0.29, 0.717) is 13.1 Å². The van der Waals surface area contributed by atoms with Crippen LogP contribution in [0.15, 0.2) is 0 Å².